The Kier molecular flexibility index (Phi) is 6.28. The van der Waals surface area contributed by atoms with Gasteiger partial charge in [0.25, 0.3) is 0 Å². The molecule has 0 saturated heterocycles. The van der Waals surface area contributed by atoms with E-state index < -0.39 is 6.10 Å². The number of ether oxygens (including phenoxy) is 1. The maximum Gasteiger partial charge on any atom is 0.0897 e. The molecule has 3 unspecified atom stereocenters. The predicted molar refractivity (Wildman–Crippen MR) is 63.4 cm³/mol. The fourth-order valence-electron chi connectivity index (χ4n) is 2.00. The van der Waals surface area contributed by atoms with Crippen LogP contribution in [0.4, 0.5) is 0 Å². The largest absolute Gasteiger partial charge is 0.392 e. The first-order valence-electron chi connectivity index (χ1n) is 6.30. The summed E-state index contributed by atoms with van der Waals surface area (Å²) in [5, 5.41) is 22.6. The molecule has 0 amide bonds. The summed E-state index contributed by atoms with van der Waals surface area (Å²) in [6.45, 7) is 4.75. The maximum atomic E-state index is 9.72. The summed E-state index contributed by atoms with van der Waals surface area (Å²) in [6.07, 6.45) is 3.54. The predicted octanol–water partition coefficient (Wildman–Crippen LogP) is 0.665. The van der Waals surface area contributed by atoms with Gasteiger partial charge in [0.15, 0.2) is 0 Å². The van der Waals surface area contributed by atoms with Gasteiger partial charge in [0.2, 0.25) is 0 Å². The van der Waals surface area contributed by atoms with Crippen molar-refractivity contribution in [1.82, 2.24) is 5.32 Å². The molecule has 0 aromatic carbocycles. The lowest BCUT2D eigenvalue weighted by Gasteiger charge is -2.29. The molecule has 4 heteroatoms. The molecule has 0 bridgehead atoms. The lowest BCUT2D eigenvalue weighted by molar-refractivity contribution is 0.00133. The quantitative estimate of drug-likeness (QED) is 0.628. The van der Waals surface area contributed by atoms with E-state index in [4.69, 9.17) is 4.74 Å². The second-order valence-corrected chi connectivity index (χ2v) is 4.90. The Bertz CT molecular complexity index is 187. The van der Waals surface area contributed by atoms with Gasteiger partial charge in [-0.25, -0.2) is 0 Å². The average Bonchev–Trinajstić information content (AvgIpc) is 2.25. The molecule has 16 heavy (non-hydrogen) atoms. The van der Waals surface area contributed by atoms with Crippen LogP contribution in [-0.4, -0.2) is 47.7 Å². The molecule has 0 aliphatic heterocycles. The van der Waals surface area contributed by atoms with Crippen LogP contribution in [0.15, 0.2) is 0 Å². The minimum absolute atomic E-state index is 0.141. The van der Waals surface area contributed by atoms with Gasteiger partial charge >= 0.3 is 0 Å². The lowest BCUT2D eigenvalue weighted by atomic mass is 9.92. The highest BCUT2D eigenvalue weighted by Crippen LogP contribution is 2.18. The third-order valence-electron chi connectivity index (χ3n) is 2.97. The molecule has 0 aromatic heterocycles. The first-order valence-corrected chi connectivity index (χ1v) is 6.30. The van der Waals surface area contributed by atoms with Crippen molar-refractivity contribution in [3.8, 4) is 0 Å². The highest BCUT2D eigenvalue weighted by molar-refractivity contribution is 4.81. The van der Waals surface area contributed by atoms with Gasteiger partial charge in [0, 0.05) is 12.6 Å². The van der Waals surface area contributed by atoms with E-state index in [2.05, 4.69) is 5.32 Å². The zero-order valence-corrected chi connectivity index (χ0v) is 10.4. The highest BCUT2D eigenvalue weighted by Gasteiger charge is 2.22. The molecule has 1 aliphatic carbocycles. The molecule has 1 saturated carbocycles. The Labute approximate surface area is 98.0 Å². The fraction of sp³-hybridized carbons (Fsp3) is 1.00. The van der Waals surface area contributed by atoms with Gasteiger partial charge in [-0.1, -0.05) is 12.8 Å². The van der Waals surface area contributed by atoms with Crippen LogP contribution in [0, 0.1) is 0 Å². The zero-order valence-electron chi connectivity index (χ0n) is 10.4. The molecule has 96 valence electrons. The number of aliphatic hydroxyl groups excluding tert-OH is 2. The molecule has 3 N–H and O–H groups in total. The van der Waals surface area contributed by atoms with Crippen LogP contribution in [0.1, 0.15) is 39.5 Å². The SMILES string of the molecule is CC(C)OCC(O)CNC1CCCCC1O. The lowest BCUT2D eigenvalue weighted by Crippen LogP contribution is -2.45. The van der Waals surface area contributed by atoms with E-state index >= 15 is 0 Å². The summed E-state index contributed by atoms with van der Waals surface area (Å²) in [7, 11) is 0. The van der Waals surface area contributed by atoms with Crippen LogP contribution in [0.3, 0.4) is 0 Å². The van der Waals surface area contributed by atoms with Crippen molar-refractivity contribution in [3.05, 3.63) is 0 Å². The second kappa shape index (κ2) is 7.22. The van der Waals surface area contributed by atoms with E-state index in [0.29, 0.717) is 13.2 Å². The van der Waals surface area contributed by atoms with E-state index in [1.807, 2.05) is 13.8 Å². The normalized spacial score (nSPS) is 28.3. The molecule has 3 atom stereocenters. The second-order valence-electron chi connectivity index (χ2n) is 4.90. The molecule has 1 rings (SSSR count). The Hall–Kier alpha value is -0.160. The fourth-order valence-corrected chi connectivity index (χ4v) is 2.00. The molecule has 4 nitrogen and oxygen atoms in total. The van der Waals surface area contributed by atoms with E-state index in [1.54, 1.807) is 0 Å². The molecule has 0 heterocycles. The van der Waals surface area contributed by atoms with E-state index in [0.717, 1.165) is 25.7 Å². The Balaban J connectivity index is 2.12. The van der Waals surface area contributed by atoms with Crippen LogP contribution in [0.25, 0.3) is 0 Å². The Morgan fingerprint density at radius 3 is 2.62 bits per heavy atom. The number of rotatable bonds is 6. The molecule has 0 radical (unpaired) electrons. The van der Waals surface area contributed by atoms with E-state index in [-0.39, 0.29) is 18.2 Å². The number of hydrogen-bond acceptors (Lipinski definition) is 4. The maximum absolute atomic E-state index is 9.72. The van der Waals surface area contributed by atoms with Gasteiger partial charge in [0.05, 0.1) is 24.9 Å². The Morgan fingerprint density at radius 2 is 2.00 bits per heavy atom. The van der Waals surface area contributed by atoms with Crippen molar-refractivity contribution in [3.63, 3.8) is 0 Å². The Morgan fingerprint density at radius 1 is 1.31 bits per heavy atom. The summed E-state index contributed by atoms with van der Waals surface area (Å²) in [6, 6.07) is 0.141. The van der Waals surface area contributed by atoms with E-state index in [1.165, 1.54) is 0 Å². The molecule has 1 fully saturated rings. The van der Waals surface area contributed by atoms with Crippen molar-refractivity contribution in [2.24, 2.45) is 0 Å². The van der Waals surface area contributed by atoms with Gasteiger partial charge in [-0.15, -0.1) is 0 Å². The summed E-state index contributed by atoms with van der Waals surface area (Å²) in [5.74, 6) is 0. The standard InChI is InChI=1S/C12H25NO3/c1-9(2)16-8-10(14)7-13-11-5-3-4-6-12(11)15/h9-15H,3-8H2,1-2H3. The summed E-state index contributed by atoms with van der Waals surface area (Å²) < 4.78 is 5.32. The number of nitrogens with one attached hydrogen (secondary N) is 1. The summed E-state index contributed by atoms with van der Waals surface area (Å²) in [5.41, 5.74) is 0. The minimum atomic E-state index is -0.489. The van der Waals surface area contributed by atoms with Gasteiger partial charge in [0.1, 0.15) is 0 Å². The van der Waals surface area contributed by atoms with Crippen molar-refractivity contribution < 1.29 is 14.9 Å². The van der Waals surface area contributed by atoms with Crippen molar-refractivity contribution in [2.45, 2.75) is 63.9 Å². The van der Waals surface area contributed by atoms with Gasteiger partial charge in [-0.3, -0.25) is 0 Å². The minimum Gasteiger partial charge on any atom is -0.392 e. The van der Waals surface area contributed by atoms with Crippen molar-refractivity contribution >= 4 is 0 Å². The molecular weight excluding hydrogens is 206 g/mol. The smallest absolute Gasteiger partial charge is 0.0897 e. The van der Waals surface area contributed by atoms with Gasteiger partial charge in [-0.05, 0) is 26.7 Å². The zero-order chi connectivity index (χ0) is 12.0. The van der Waals surface area contributed by atoms with Crippen LogP contribution >= 0.6 is 0 Å². The van der Waals surface area contributed by atoms with Crippen LogP contribution < -0.4 is 5.32 Å². The van der Waals surface area contributed by atoms with Crippen molar-refractivity contribution in [2.75, 3.05) is 13.2 Å². The molecule has 0 aromatic rings. The van der Waals surface area contributed by atoms with Crippen molar-refractivity contribution in [1.29, 1.82) is 0 Å². The number of aliphatic hydroxyl groups is 2. The molecular formula is C12H25NO3. The number of hydrogen-bond donors (Lipinski definition) is 3. The monoisotopic (exact) mass is 231 g/mol. The third kappa shape index (κ3) is 5.25. The van der Waals surface area contributed by atoms with Crippen LogP contribution in [0.2, 0.25) is 0 Å². The first kappa shape index (κ1) is 13.9. The van der Waals surface area contributed by atoms with Crippen LogP contribution in [-0.2, 0) is 4.74 Å². The molecule has 1 aliphatic rings. The molecule has 0 spiro atoms. The average molecular weight is 231 g/mol. The third-order valence-corrected chi connectivity index (χ3v) is 2.97. The van der Waals surface area contributed by atoms with E-state index in [9.17, 15) is 10.2 Å². The van der Waals surface area contributed by atoms with Crippen LogP contribution in [0.5, 0.6) is 0 Å². The highest BCUT2D eigenvalue weighted by atomic mass is 16.5. The van der Waals surface area contributed by atoms with Gasteiger partial charge in [-0.2, -0.15) is 0 Å². The summed E-state index contributed by atoms with van der Waals surface area (Å²) >= 11 is 0. The van der Waals surface area contributed by atoms with Gasteiger partial charge < -0.3 is 20.3 Å². The topological polar surface area (TPSA) is 61.7 Å². The first-order chi connectivity index (χ1) is 7.59. The summed E-state index contributed by atoms with van der Waals surface area (Å²) in [4.78, 5) is 0.